The Morgan fingerprint density at radius 2 is 1.49 bits per heavy atom. The topological polar surface area (TPSA) is 246 Å². The maximum Gasteiger partial charge on any atom is 0.342 e. The Kier molecular flexibility index (Phi) is 15.1. The number of carbonyl (C=O) groups excluding carboxylic acids is 2. The summed E-state index contributed by atoms with van der Waals surface area (Å²) in [5.74, 6) is -1.96. The SMILES string of the molecule is CCOC(=O)[C@H](Cc1ccccc1)NP(=O)(N[C@@H](Cc1ccccc1)C(=O)OCC)OCC(OC)C(O)[C@]1(O)C(C)C1C=Nc1c(N)nc(N)nc1N1CCCC1. The molecule has 2 fully saturated rings. The first-order valence-electron chi connectivity index (χ1n) is 19.2. The van der Waals surface area contributed by atoms with Crippen LogP contribution >= 0.6 is 7.67 Å². The van der Waals surface area contributed by atoms with Crippen LogP contribution < -0.4 is 26.5 Å². The molecular formula is C39H55N8O9P. The van der Waals surface area contributed by atoms with Crippen molar-refractivity contribution in [2.24, 2.45) is 16.8 Å². The molecule has 0 bridgehead atoms. The van der Waals surface area contributed by atoms with Crippen molar-refractivity contribution in [3.8, 4) is 0 Å². The number of anilines is 3. The van der Waals surface area contributed by atoms with Gasteiger partial charge in [-0.2, -0.15) is 9.97 Å². The average molecular weight is 811 g/mol. The van der Waals surface area contributed by atoms with E-state index in [1.807, 2.05) is 17.0 Å². The number of hydrogen-bond donors (Lipinski definition) is 6. The number of methoxy groups -OCH3 is 1. The second-order valence-electron chi connectivity index (χ2n) is 14.1. The van der Waals surface area contributed by atoms with Crippen LogP contribution in [0.25, 0.3) is 0 Å². The molecule has 1 saturated carbocycles. The number of aliphatic hydroxyl groups excluding tert-OH is 1. The molecule has 5 rings (SSSR count). The number of ether oxygens (including phenoxy) is 3. The third kappa shape index (κ3) is 10.9. The minimum Gasteiger partial charge on any atom is -0.465 e. The van der Waals surface area contributed by atoms with E-state index >= 15 is 4.57 Å². The van der Waals surface area contributed by atoms with E-state index < -0.39 is 67.9 Å². The number of rotatable bonds is 21. The molecule has 1 aromatic heterocycles. The third-order valence-corrected chi connectivity index (χ3v) is 12.1. The highest BCUT2D eigenvalue weighted by atomic mass is 31.2. The van der Waals surface area contributed by atoms with Crippen LogP contribution in [-0.2, 0) is 45.7 Å². The zero-order chi connectivity index (χ0) is 41.2. The number of nitrogens with one attached hydrogen (secondary N) is 2. The minimum atomic E-state index is -4.45. The maximum absolute atomic E-state index is 15.0. The van der Waals surface area contributed by atoms with Crippen molar-refractivity contribution < 1.29 is 43.1 Å². The Morgan fingerprint density at radius 3 is 1.98 bits per heavy atom. The highest BCUT2D eigenvalue weighted by molar-refractivity contribution is 7.54. The molecule has 0 amide bonds. The summed E-state index contributed by atoms with van der Waals surface area (Å²) in [6.07, 6.45) is 0.763. The minimum absolute atomic E-state index is 0.0200. The fraction of sp³-hybridized carbons (Fsp3) is 0.513. The van der Waals surface area contributed by atoms with Crippen molar-refractivity contribution in [3.05, 3.63) is 71.8 Å². The number of hydrogen-bond acceptors (Lipinski definition) is 15. The van der Waals surface area contributed by atoms with E-state index in [0.717, 1.165) is 37.1 Å². The molecule has 7 atom stereocenters. The fourth-order valence-corrected chi connectivity index (χ4v) is 8.85. The van der Waals surface area contributed by atoms with Gasteiger partial charge in [0, 0.05) is 32.3 Å². The van der Waals surface area contributed by atoms with Gasteiger partial charge >= 0.3 is 19.6 Å². The van der Waals surface area contributed by atoms with Gasteiger partial charge < -0.3 is 45.3 Å². The molecule has 2 heterocycles. The number of nitrogens with two attached hydrogens (primary N) is 2. The predicted molar refractivity (Wildman–Crippen MR) is 216 cm³/mol. The van der Waals surface area contributed by atoms with Crippen LogP contribution in [0, 0.1) is 11.8 Å². The molecular weight excluding hydrogens is 755 g/mol. The summed E-state index contributed by atoms with van der Waals surface area (Å²) in [6.45, 7) is 6.12. The zero-order valence-corrected chi connectivity index (χ0v) is 33.7. The molecule has 2 aliphatic rings. The van der Waals surface area contributed by atoms with Gasteiger partial charge in [0.15, 0.2) is 11.6 Å². The summed E-state index contributed by atoms with van der Waals surface area (Å²) in [4.78, 5) is 41.7. The van der Waals surface area contributed by atoms with Gasteiger partial charge in [-0.15, -0.1) is 0 Å². The normalized spacial score (nSPS) is 21.5. The second-order valence-corrected chi connectivity index (χ2v) is 16.0. The molecule has 1 aliphatic carbocycles. The van der Waals surface area contributed by atoms with E-state index in [-0.39, 0.29) is 37.8 Å². The number of esters is 2. The van der Waals surface area contributed by atoms with Gasteiger partial charge in [0.05, 0.1) is 19.8 Å². The van der Waals surface area contributed by atoms with Crippen LogP contribution in [0.15, 0.2) is 65.7 Å². The van der Waals surface area contributed by atoms with Crippen LogP contribution in [0.5, 0.6) is 0 Å². The standard InChI is InChI=1S/C39H55N8O9P/c1-5-54-36(49)29(21-26-15-9-7-10-16-26)45-57(52,46-30(37(50)55-6-2)22-27-17-11-8-12-18-27)56-24-31(53-4)33(48)39(51)25(3)28(39)23-42-32-34(40)43-38(41)44-35(32)47-19-13-14-20-47/h7-12,15-18,23,25,28-31,33,48,51H,5-6,13-14,19-22,24H2,1-4H3,(H2,45,46,52)(H4,40,41,43,44)/t25?,28?,29-,30-,31?,33?,39-/m0/s1. The molecule has 2 aromatic carbocycles. The van der Waals surface area contributed by atoms with Gasteiger partial charge in [-0.1, -0.05) is 67.6 Å². The lowest BCUT2D eigenvalue weighted by Crippen LogP contribution is -2.48. The number of aromatic nitrogens is 2. The van der Waals surface area contributed by atoms with Gasteiger partial charge in [0.1, 0.15) is 35.6 Å². The summed E-state index contributed by atoms with van der Waals surface area (Å²) >= 11 is 0. The summed E-state index contributed by atoms with van der Waals surface area (Å²) in [7, 11) is -3.14. The molecule has 4 unspecified atom stereocenters. The van der Waals surface area contributed by atoms with Gasteiger partial charge in [-0.3, -0.25) is 19.1 Å². The number of aliphatic imine (C=N–C) groups is 1. The molecule has 18 heteroatoms. The summed E-state index contributed by atoms with van der Waals surface area (Å²) in [5.41, 5.74) is 12.2. The first kappa shape index (κ1) is 43.6. The summed E-state index contributed by atoms with van der Waals surface area (Å²) in [5, 5.41) is 29.1. The maximum atomic E-state index is 15.0. The monoisotopic (exact) mass is 810 g/mol. The Labute approximate surface area is 333 Å². The van der Waals surface area contributed by atoms with E-state index in [2.05, 4.69) is 25.1 Å². The van der Waals surface area contributed by atoms with Crippen molar-refractivity contribution in [1.82, 2.24) is 20.1 Å². The first-order chi connectivity index (χ1) is 27.3. The highest BCUT2D eigenvalue weighted by Gasteiger charge is 2.66. The Bertz CT molecular complexity index is 1800. The molecule has 57 heavy (non-hydrogen) atoms. The molecule has 17 nitrogen and oxygen atoms in total. The molecule has 0 spiro atoms. The zero-order valence-electron chi connectivity index (χ0n) is 32.8. The molecule has 0 radical (unpaired) electrons. The van der Waals surface area contributed by atoms with Gasteiger partial charge in [-0.25, -0.2) is 10.2 Å². The van der Waals surface area contributed by atoms with Crippen LogP contribution in [0.4, 0.5) is 23.3 Å². The van der Waals surface area contributed by atoms with E-state index in [4.69, 9.17) is 30.2 Å². The van der Waals surface area contributed by atoms with Gasteiger partial charge in [0.2, 0.25) is 5.95 Å². The van der Waals surface area contributed by atoms with Crippen molar-refractivity contribution in [1.29, 1.82) is 0 Å². The van der Waals surface area contributed by atoms with E-state index in [1.165, 1.54) is 13.3 Å². The lowest BCUT2D eigenvalue weighted by molar-refractivity contribution is -0.145. The van der Waals surface area contributed by atoms with Crippen LogP contribution in [0.1, 0.15) is 44.7 Å². The van der Waals surface area contributed by atoms with Gasteiger partial charge in [-0.05, 0) is 56.6 Å². The molecule has 310 valence electrons. The first-order valence-corrected chi connectivity index (χ1v) is 20.8. The van der Waals surface area contributed by atoms with Crippen LogP contribution in [0.3, 0.4) is 0 Å². The van der Waals surface area contributed by atoms with Crippen molar-refractivity contribution in [2.75, 3.05) is 56.4 Å². The van der Waals surface area contributed by atoms with E-state index in [9.17, 15) is 19.8 Å². The number of carbonyl (C=O) groups is 2. The smallest absolute Gasteiger partial charge is 0.342 e. The Balaban J connectivity index is 1.40. The molecule has 3 aromatic rings. The lowest BCUT2D eigenvalue weighted by Gasteiger charge is -2.31. The number of benzene rings is 2. The fourth-order valence-electron chi connectivity index (χ4n) is 7.06. The van der Waals surface area contributed by atoms with E-state index in [1.54, 1.807) is 69.3 Å². The van der Waals surface area contributed by atoms with Crippen molar-refractivity contribution >= 4 is 49.1 Å². The third-order valence-electron chi connectivity index (χ3n) is 10.3. The second kappa shape index (κ2) is 19.8. The number of aliphatic hydroxyl groups is 2. The van der Waals surface area contributed by atoms with Gasteiger partial charge in [0.25, 0.3) is 0 Å². The molecule has 1 saturated heterocycles. The average Bonchev–Trinajstić information content (AvgIpc) is 3.48. The largest absolute Gasteiger partial charge is 0.465 e. The summed E-state index contributed by atoms with van der Waals surface area (Å²) in [6, 6.07) is 15.7. The molecule has 8 N–H and O–H groups in total. The highest BCUT2D eigenvalue weighted by Crippen LogP contribution is 2.53. The van der Waals surface area contributed by atoms with Crippen LogP contribution in [-0.4, -0.2) is 108 Å². The van der Waals surface area contributed by atoms with Crippen molar-refractivity contribution in [2.45, 2.75) is 76.3 Å². The van der Waals surface area contributed by atoms with Crippen molar-refractivity contribution in [3.63, 3.8) is 0 Å². The van der Waals surface area contributed by atoms with E-state index in [0.29, 0.717) is 11.5 Å². The Morgan fingerprint density at radius 1 is 0.965 bits per heavy atom. The van der Waals surface area contributed by atoms with Crippen LogP contribution in [0.2, 0.25) is 0 Å². The Hall–Kier alpha value is -4.48. The number of nitrogens with zero attached hydrogens (tertiary/aromatic N) is 4. The lowest BCUT2D eigenvalue weighted by atomic mass is 10.0. The quantitative estimate of drug-likeness (QED) is 0.0514. The predicted octanol–water partition coefficient (Wildman–Crippen LogP) is 2.97. The summed E-state index contributed by atoms with van der Waals surface area (Å²) < 4.78 is 37.4. The number of nitrogen functional groups attached to an aromatic ring is 2. The molecule has 1 aliphatic heterocycles.